The smallest absolute Gasteiger partial charge is 0.256 e. The van der Waals surface area contributed by atoms with Crippen molar-refractivity contribution in [3.63, 3.8) is 0 Å². The minimum absolute atomic E-state index is 0.115. The number of carbonyl (C=O) groups is 1. The standard InChI is InChI=1S/C15H15N3O/c1-18-9-7-11-10-12(5-6-13(11)18)15(19)17-14-4-2-3-8-16-14/h2-6,8,10H,7,9H2,1H3,(H,16,17,19). The monoisotopic (exact) mass is 253 g/mol. The molecule has 0 saturated heterocycles. The Morgan fingerprint density at radius 1 is 1.32 bits per heavy atom. The van der Waals surface area contributed by atoms with Crippen LogP contribution in [0.2, 0.25) is 0 Å². The number of aromatic nitrogens is 1. The fourth-order valence-electron chi connectivity index (χ4n) is 2.33. The summed E-state index contributed by atoms with van der Waals surface area (Å²) < 4.78 is 0. The Balaban J connectivity index is 1.81. The Hall–Kier alpha value is -2.36. The normalized spacial score (nSPS) is 13.2. The number of hydrogen-bond donors (Lipinski definition) is 1. The highest BCUT2D eigenvalue weighted by Crippen LogP contribution is 2.27. The minimum atomic E-state index is -0.115. The predicted octanol–water partition coefficient (Wildman–Crippen LogP) is 2.33. The highest BCUT2D eigenvalue weighted by molar-refractivity contribution is 6.04. The van der Waals surface area contributed by atoms with Crippen molar-refractivity contribution >= 4 is 17.4 Å². The van der Waals surface area contributed by atoms with Crippen molar-refractivity contribution in [2.75, 3.05) is 23.8 Å². The van der Waals surface area contributed by atoms with Gasteiger partial charge in [0.15, 0.2) is 0 Å². The molecule has 1 N–H and O–H groups in total. The van der Waals surface area contributed by atoms with Crippen molar-refractivity contribution in [1.29, 1.82) is 0 Å². The first-order valence-electron chi connectivity index (χ1n) is 6.30. The van der Waals surface area contributed by atoms with Gasteiger partial charge in [-0.3, -0.25) is 4.79 Å². The molecule has 4 nitrogen and oxygen atoms in total. The number of nitrogens with one attached hydrogen (secondary N) is 1. The van der Waals surface area contributed by atoms with E-state index in [-0.39, 0.29) is 5.91 Å². The molecule has 96 valence electrons. The van der Waals surface area contributed by atoms with Gasteiger partial charge in [-0.05, 0) is 42.3 Å². The van der Waals surface area contributed by atoms with Crippen molar-refractivity contribution < 1.29 is 4.79 Å². The molecular formula is C15H15N3O. The third-order valence-corrected chi connectivity index (χ3v) is 3.38. The molecule has 0 saturated carbocycles. The molecule has 0 atom stereocenters. The maximum atomic E-state index is 12.1. The molecule has 4 heteroatoms. The van der Waals surface area contributed by atoms with E-state index in [9.17, 15) is 4.79 Å². The quantitative estimate of drug-likeness (QED) is 0.893. The van der Waals surface area contributed by atoms with Gasteiger partial charge < -0.3 is 10.2 Å². The van der Waals surface area contributed by atoms with Crippen LogP contribution in [0.1, 0.15) is 15.9 Å². The third kappa shape index (κ3) is 2.29. The topological polar surface area (TPSA) is 45.2 Å². The Kier molecular flexibility index (Phi) is 2.91. The van der Waals surface area contributed by atoms with E-state index in [0.29, 0.717) is 11.4 Å². The Labute approximate surface area is 112 Å². The Morgan fingerprint density at radius 2 is 2.21 bits per heavy atom. The van der Waals surface area contributed by atoms with Gasteiger partial charge in [0.1, 0.15) is 5.82 Å². The van der Waals surface area contributed by atoms with Crippen LogP contribution in [0.25, 0.3) is 0 Å². The highest BCUT2D eigenvalue weighted by Gasteiger charge is 2.17. The van der Waals surface area contributed by atoms with E-state index in [1.54, 1.807) is 12.3 Å². The number of hydrogen-bond acceptors (Lipinski definition) is 3. The molecule has 0 unspecified atom stereocenters. The molecule has 2 aromatic rings. The highest BCUT2D eigenvalue weighted by atomic mass is 16.1. The van der Waals surface area contributed by atoms with Crippen molar-refractivity contribution in [1.82, 2.24) is 4.98 Å². The van der Waals surface area contributed by atoms with Crippen LogP contribution >= 0.6 is 0 Å². The van der Waals surface area contributed by atoms with Crippen LogP contribution in [0.4, 0.5) is 11.5 Å². The largest absolute Gasteiger partial charge is 0.374 e. The number of likely N-dealkylation sites (N-methyl/N-ethyl adjacent to an activating group) is 1. The fraction of sp³-hybridized carbons (Fsp3) is 0.200. The fourth-order valence-corrected chi connectivity index (χ4v) is 2.33. The average molecular weight is 253 g/mol. The number of amides is 1. The maximum Gasteiger partial charge on any atom is 0.256 e. The van der Waals surface area contributed by atoms with Crippen molar-refractivity contribution in [3.8, 4) is 0 Å². The summed E-state index contributed by atoms with van der Waals surface area (Å²) in [6.45, 7) is 1.01. The van der Waals surface area contributed by atoms with Gasteiger partial charge in [-0.2, -0.15) is 0 Å². The van der Waals surface area contributed by atoms with Gasteiger partial charge in [0.05, 0.1) is 0 Å². The van der Waals surface area contributed by atoms with Gasteiger partial charge in [-0.25, -0.2) is 4.98 Å². The zero-order valence-corrected chi connectivity index (χ0v) is 10.8. The molecule has 19 heavy (non-hydrogen) atoms. The van der Waals surface area contributed by atoms with E-state index in [0.717, 1.165) is 13.0 Å². The van der Waals surface area contributed by atoms with Crippen LogP contribution in [0.15, 0.2) is 42.6 Å². The second-order valence-corrected chi connectivity index (χ2v) is 4.68. The first kappa shape index (κ1) is 11.7. The lowest BCUT2D eigenvalue weighted by molar-refractivity contribution is 0.102. The van der Waals surface area contributed by atoms with Gasteiger partial charge in [-0.1, -0.05) is 6.07 Å². The maximum absolute atomic E-state index is 12.1. The molecular weight excluding hydrogens is 238 g/mol. The summed E-state index contributed by atoms with van der Waals surface area (Å²) in [6, 6.07) is 11.3. The van der Waals surface area contributed by atoms with Gasteiger partial charge in [0.25, 0.3) is 5.91 Å². The summed E-state index contributed by atoms with van der Waals surface area (Å²) >= 11 is 0. The molecule has 1 aromatic carbocycles. The molecule has 0 bridgehead atoms. The van der Waals surface area contributed by atoms with E-state index in [4.69, 9.17) is 0 Å². The van der Waals surface area contributed by atoms with Crippen molar-refractivity contribution in [2.24, 2.45) is 0 Å². The number of pyridine rings is 1. The first-order chi connectivity index (χ1) is 9.24. The Bertz CT molecular complexity index is 610. The molecule has 2 heterocycles. The minimum Gasteiger partial charge on any atom is -0.374 e. The molecule has 3 rings (SSSR count). The zero-order valence-electron chi connectivity index (χ0n) is 10.8. The van der Waals surface area contributed by atoms with Crippen molar-refractivity contribution in [3.05, 3.63) is 53.7 Å². The zero-order chi connectivity index (χ0) is 13.2. The van der Waals surface area contributed by atoms with E-state index >= 15 is 0 Å². The third-order valence-electron chi connectivity index (χ3n) is 3.38. The van der Waals surface area contributed by atoms with E-state index < -0.39 is 0 Å². The summed E-state index contributed by atoms with van der Waals surface area (Å²) in [7, 11) is 2.07. The lowest BCUT2D eigenvalue weighted by atomic mass is 10.1. The summed E-state index contributed by atoms with van der Waals surface area (Å²) in [6.07, 6.45) is 2.66. The van der Waals surface area contributed by atoms with Crippen LogP contribution in [0.5, 0.6) is 0 Å². The van der Waals surface area contributed by atoms with Crippen LogP contribution in [0.3, 0.4) is 0 Å². The van der Waals surface area contributed by atoms with Crippen LogP contribution in [-0.4, -0.2) is 24.5 Å². The molecule has 1 aliphatic rings. The van der Waals surface area contributed by atoms with Gasteiger partial charge in [0.2, 0.25) is 0 Å². The summed E-state index contributed by atoms with van der Waals surface area (Å²) in [5, 5.41) is 2.80. The molecule has 1 aliphatic heterocycles. The van der Waals surface area contributed by atoms with Crippen LogP contribution in [-0.2, 0) is 6.42 Å². The van der Waals surface area contributed by atoms with Crippen LogP contribution in [0, 0.1) is 0 Å². The second-order valence-electron chi connectivity index (χ2n) is 4.68. The lowest BCUT2D eigenvalue weighted by Gasteiger charge is -2.12. The van der Waals surface area contributed by atoms with Gasteiger partial charge in [0, 0.05) is 31.0 Å². The average Bonchev–Trinajstić information content (AvgIpc) is 2.81. The molecule has 0 spiro atoms. The van der Waals surface area contributed by atoms with Crippen LogP contribution < -0.4 is 10.2 Å². The number of fused-ring (bicyclic) bond motifs is 1. The molecule has 0 aliphatic carbocycles. The molecule has 1 aromatic heterocycles. The SMILES string of the molecule is CN1CCc2cc(C(=O)Nc3ccccn3)ccc21. The van der Waals surface area contributed by atoms with Gasteiger partial charge in [-0.15, -0.1) is 0 Å². The van der Waals surface area contributed by atoms with Crippen molar-refractivity contribution in [2.45, 2.75) is 6.42 Å². The predicted molar refractivity (Wildman–Crippen MR) is 75.6 cm³/mol. The number of rotatable bonds is 2. The number of carbonyl (C=O) groups excluding carboxylic acids is 1. The summed E-state index contributed by atoms with van der Waals surface area (Å²) in [4.78, 5) is 18.4. The number of benzene rings is 1. The molecule has 0 fully saturated rings. The van der Waals surface area contributed by atoms with Gasteiger partial charge >= 0.3 is 0 Å². The number of anilines is 2. The van der Waals surface area contributed by atoms with E-state index in [1.165, 1.54) is 11.3 Å². The van der Waals surface area contributed by atoms with E-state index in [2.05, 4.69) is 22.2 Å². The number of nitrogens with zero attached hydrogens (tertiary/aromatic N) is 2. The summed E-state index contributed by atoms with van der Waals surface area (Å²) in [5.74, 6) is 0.459. The van der Waals surface area contributed by atoms with E-state index in [1.807, 2.05) is 30.3 Å². The molecule has 0 radical (unpaired) electrons. The molecule has 1 amide bonds. The lowest BCUT2D eigenvalue weighted by Crippen LogP contribution is -2.14. The second kappa shape index (κ2) is 4.72. The first-order valence-corrected chi connectivity index (χ1v) is 6.30. The Morgan fingerprint density at radius 3 is 3.00 bits per heavy atom. The summed E-state index contributed by atoms with van der Waals surface area (Å²) in [5.41, 5.74) is 3.13.